The van der Waals surface area contributed by atoms with E-state index in [-0.39, 0.29) is 0 Å². The van der Waals surface area contributed by atoms with Gasteiger partial charge in [0.05, 0.1) is 0 Å². The fourth-order valence-electron chi connectivity index (χ4n) is 0.170. The van der Waals surface area contributed by atoms with Gasteiger partial charge >= 0.3 is 0 Å². The Balaban J connectivity index is 3.40. The fourth-order valence-corrected chi connectivity index (χ4v) is 0.642. The van der Waals surface area contributed by atoms with Crippen LogP contribution in [0.3, 0.4) is 0 Å². The zero-order valence-electron chi connectivity index (χ0n) is 4.86. The molecule has 0 aliphatic rings. The van der Waals surface area contributed by atoms with Crippen LogP contribution in [0.4, 0.5) is 0 Å². The van der Waals surface area contributed by atoms with Gasteiger partial charge in [0.25, 0.3) is 0 Å². The van der Waals surface area contributed by atoms with E-state index in [9.17, 15) is 0 Å². The van der Waals surface area contributed by atoms with E-state index in [0.29, 0.717) is 0 Å². The number of rotatable bonds is 1. The average Bonchev–Trinajstić information content (AvgIpc) is 1.66. The van der Waals surface area contributed by atoms with Crippen LogP contribution < -0.4 is 0 Å². The van der Waals surface area contributed by atoms with Gasteiger partial charge in [-0.1, -0.05) is 5.57 Å². The third kappa shape index (κ3) is 5.94. The smallest absolute Gasteiger partial charge is 0.0165 e. The number of hydrogen-bond donors (Lipinski definition) is 0. The normalized spacial score (nSPS) is 6.88. The predicted octanol–water partition coefficient (Wildman–Crippen LogP) is 2.80. The number of allylic oxidation sites excluding steroid dienone is 1. The molecule has 0 N–H and O–H groups in total. The van der Waals surface area contributed by atoms with Crippen LogP contribution in [0.15, 0.2) is 11.0 Å². The van der Waals surface area contributed by atoms with Crippen molar-refractivity contribution in [2.24, 2.45) is 0 Å². The summed E-state index contributed by atoms with van der Waals surface area (Å²) in [6.45, 7) is 4.03. The molecular weight excluding hydrogens is 140 g/mol. The third-order valence-electron chi connectivity index (χ3n) is 0.392. The van der Waals surface area contributed by atoms with E-state index >= 15 is 0 Å². The van der Waals surface area contributed by atoms with E-state index in [1.165, 1.54) is 17.3 Å². The minimum atomic E-state index is 1.24. The quantitative estimate of drug-likeness (QED) is 0.513. The van der Waals surface area contributed by atoms with Crippen molar-refractivity contribution in [3.05, 3.63) is 11.0 Å². The number of hydrogen-bond acceptors (Lipinski definition) is 1. The molecule has 0 radical (unpaired) electrons. The number of halogens is 1. The maximum atomic E-state index is 5.07. The van der Waals surface area contributed by atoms with E-state index < -0.39 is 0 Å². The summed E-state index contributed by atoms with van der Waals surface area (Å²) < 4.78 is 0. The van der Waals surface area contributed by atoms with Crippen LogP contribution in [0.5, 0.6) is 0 Å². The summed E-state index contributed by atoms with van der Waals surface area (Å²) >= 11 is 6.48. The molecule has 0 rings (SSSR count). The molecule has 0 aromatic carbocycles. The summed E-state index contributed by atoms with van der Waals surface area (Å²) in [6.07, 6.45) is 0. The monoisotopic (exact) mass is 146 g/mol. The highest BCUT2D eigenvalue weighted by molar-refractivity contribution is 8.06. The Kier molecular flexibility index (Phi) is 5.05. The maximum absolute atomic E-state index is 5.07. The molecule has 8 heavy (non-hydrogen) atoms. The predicted molar refractivity (Wildman–Crippen MR) is 40.7 cm³/mol. The fraction of sp³-hybridized carbons (Fsp3) is 0.333. The average molecular weight is 147 g/mol. The SMILES string of the molecule is CC(C)=CSC#CCl. The molecule has 0 amide bonds. The largest absolute Gasteiger partial charge is 0.0692 e. The van der Waals surface area contributed by atoms with Crippen molar-refractivity contribution in [1.82, 2.24) is 0 Å². The maximum Gasteiger partial charge on any atom is 0.0165 e. The molecule has 0 saturated heterocycles. The molecule has 0 saturated carbocycles. The van der Waals surface area contributed by atoms with Crippen LogP contribution in [-0.2, 0) is 0 Å². The number of thioether (sulfide) groups is 1. The second-order valence-electron chi connectivity index (χ2n) is 1.51. The van der Waals surface area contributed by atoms with Crippen molar-refractivity contribution in [2.75, 3.05) is 0 Å². The molecule has 0 unspecified atom stereocenters. The molecule has 0 heterocycles. The van der Waals surface area contributed by atoms with E-state index in [4.69, 9.17) is 11.6 Å². The Labute approximate surface area is 59.3 Å². The highest BCUT2D eigenvalue weighted by Gasteiger charge is 1.72. The topological polar surface area (TPSA) is 0 Å². The molecule has 2 heteroatoms. The van der Waals surface area contributed by atoms with Crippen molar-refractivity contribution in [3.63, 3.8) is 0 Å². The van der Waals surface area contributed by atoms with Gasteiger partial charge < -0.3 is 0 Å². The summed E-state index contributed by atoms with van der Waals surface area (Å²) in [5, 5.41) is 6.85. The Bertz CT molecular complexity index is 134. The van der Waals surface area contributed by atoms with Crippen molar-refractivity contribution in [1.29, 1.82) is 0 Å². The molecule has 0 aromatic heterocycles. The Morgan fingerprint density at radius 1 is 1.62 bits per heavy atom. The van der Waals surface area contributed by atoms with E-state index in [1.54, 1.807) is 0 Å². The molecule has 0 aliphatic heterocycles. The molecule has 0 nitrogen and oxygen atoms in total. The van der Waals surface area contributed by atoms with Crippen molar-refractivity contribution in [2.45, 2.75) is 13.8 Å². The second kappa shape index (κ2) is 5.08. The lowest BCUT2D eigenvalue weighted by Gasteiger charge is -1.79. The first-order valence-electron chi connectivity index (χ1n) is 2.17. The second-order valence-corrected chi connectivity index (χ2v) is 2.37. The summed E-state index contributed by atoms with van der Waals surface area (Å²) in [5.74, 6) is 0. The molecule has 0 bridgehead atoms. The Hall–Kier alpha value is -0.0600. The Morgan fingerprint density at radius 3 is 2.62 bits per heavy atom. The molecule has 0 aromatic rings. The van der Waals surface area contributed by atoms with Crippen LogP contribution in [0.25, 0.3) is 0 Å². The van der Waals surface area contributed by atoms with Crippen molar-refractivity contribution in [3.8, 4) is 10.6 Å². The van der Waals surface area contributed by atoms with Gasteiger partial charge in [0.1, 0.15) is 0 Å². The van der Waals surface area contributed by atoms with Crippen molar-refractivity contribution >= 4 is 23.4 Å². The lowest BCUT2D eigenvalue weighted by Crippen LogP contribution is -1.54. The van der Waals surface area contributed by atoms with Gasteiger partial charge in [-0.3, -0.25) is 0 Å². The first-order chi connectivity index (χ1) is 3.77. The molecule has 0 aliphatic carbocycles. The zero-order valence-corrected chi connectivity index (χ0v) is 6.44. The van der Waals surface area contributed by atoms with Crippen LogP contribution in [0.2, 0.25) is 0 Å². The Morgan fingerprint density at radius 2 is 2.25 bits per heavy atom. The first kappa shape index (κ1) is 7.94. The van der Waals surface area contributed by atoms with Crippen LogP contribution >= 0.6 is 23.4 Å². The van der Waals surface area contributed by atoms with Crippen LogP contribution in [0.1, 0.15) is 13.8 Å². The van der Waals surface area contributed by atoms with Gasteiger partial charge in [-0.05, 0) is 47.9 Å². The van der Waals surface area contributed by atoms with Gasteiger partial charge in [0, 0.05) is 5.38 Å². The van der Waals surface area contributed by atoms with E-state index in [0.717, 1.165) is 0 Å². The van der Waals surface area contributed by atoms with Gasteiger partial charge in [-0.25, -0.2) is 0 Å². The van der Waals surface area contributed by atoms with Crippen LogP contribution in [0, 0.1) is 10.6 Å². The van der Waals surface area contributed by atoms with E-state index in [2.05, 4.69) is 10.6 Å². The lowest BCUT2D eigenvalue weighted by molar-refractivity contribution is 1.42. The molecule has 0 atom stereocenters. The van der Waals surface area contributed by atoms with Gasteiger partial charge in [0.2, 0.25) is 0 Å². The summed E-state index contributed by atoms with van der Waals surface area (Å²) in [4.78, 5) is 0. The minimum absolute atomic E-state index is 1.24. The molecule has 0 spiro atoms. The molecule has 44 valence electrons. The van der Waals surface area contributed by atoms with Gasteiger partial charge in [0.15, 0.2) is 0 Å². The van der Waals surface area contributed by atoms with Crippen LogP contribution in [-0.4, -0.2) is 0 Å². The lowest BCUT2D eigenvalue weighted by atomic mass is 10.4. The van der Waals surface area contributed by atoms with Crippen molar-refractivity contribution < 1.29 is 0 Å². The molecule has 0 fully saturated rings. The standard InChI is InChI=1S/C6H7ClS/c1-6(2)5-8-4-3-7/h5H,1-2H3. The van der Waals surface area contributed by atoms with Gasteiger partial charge in [-0.15, -0.1) is 0 Å². The summed E-state index contributed by atoms with van der Waals surface area (Å²) in [6, 6.07) is 0. The first-order valence-corrected chi connectivity index (χ1v) is 3.43. The van der Waals surface area contributed by atoms with Gasteiger partial charge in [-0.2, -0.15) is 0 Å². The minimum Gasteiger partial charge on any atom is -0.0692 e. The summed E-state index contributed by atoms with van der Waals surface area (Å²) in [5.41, 5.74) is 1.24. The summed E-state index contributed by atoms with van der Waals surface area (Å²) in [7, 11) is 0. The van der Waals surface area contributed by atoms with E-state index in [1.807, 2.05) is 19.3 Å². The highest BCUT2D eigenvalue weighted by atomic mass is 35.5. The highest BCUT2D eigenvalue weighted by Crippen LogP contribution is 2.03. The third-order valence-corrected chi connectivity index (χ3v) is 1.41. The molecular formula is C6H7ClS. The zero-order chi connectivity index (χ0) is 6.41.